The Kier molecular flexibility index (Phi) is 9.62. The van der Waals surface area contributed by atoms with Crippen LogP contribution >= 0.6 is 23.2 Å². The average Bonchev–Trinajstić information content (AvgIpc) is 3.32. The maximum atomic E-state index is 13.5. The largest absolute Gasteiger partial charge is 0.310 e. The van der Waals surface area contributed by atoms with Gasteiger partial charge in [-0.1, -0.05) is 42.0 Å². The zero-order chi connectivity index (χ0) is 28.6. The van der Waals surface area contributed by atoms with Crippen LogP contribution in [0.5, 0.6) is 0 Å². The van der Waals surface area contributed by atoms with Gasteiger partial charge in [-0.3, -0.25) is 14.8 Å². The minimum absolute atomic E-state index is 0.243. The van der Waals surface area contributed by atoms with Crippen molar-refractivity contribution in [3.63, 3.8) is 0 Å². The Morgan fingerprint density at radius 3 is 2.55 bits per heavy atom. The van der Waals surface area contributed by atoms with Gasteiger partial charge in [0.05, 0.1) is 16.8 Å². The van der Waals surface area contributed by atoms with E-state index in [1.54, 1.807) is 23.2 Å². The quantitative estimate of drug-likeness (QED) is 0.164. The summed E-state index contributed by atoms with van der Waals surface area (Å²) >= 11 is 12.7. The van der Waals surface area contributed by atoms with Crippen LogP contribution in [0.3, 0.4) is 0 Å². The number of aromatic nitrogens is 2. The zero-order valence-electron chi connectivity index (χ0n) is 21.7. The molecule has 3 aromatic rings. The Labute approximate surface area is 241 Å². The fourth-order valence-electron chi connectivity index (χ4n) is 4.46. The molecule has 2 heterocycles. The molecule has 0 spiro atoms. The van der Waals surface area contributed by atoms with Crippen molar-refractivity contribution in [2.45, 2.75) is 45.1 Å². The smallest absolute Gasteiger partial charge is 0.294 e. The van der Waals surface area contributed by atoms with Crippen LogP contribution in [0.25, 0.3) is 17.1 Å². The summed E-state index contributed by atoms with van der Waals surface area (Å²) in [7, 11) is 0. The van der Waals surface area contributed by atoms with Crippen LogP contribution in [0, 0.1) is 33.3 Å². The number of halogens is 2. The summed E-state index contributed by atoms with van der Waals surface area (Å²) in [6.45, 7) is 2.74. The molecule has 0 unspecified atom stereocenters. The number of hydrogen-bond donors (Lipinski definition) is 1. The van der Waals surface area contributed by atoms with Gasteiger partial charge in [-0.25, -0.2) is 9.99 Å². The number of unbranched alkanes of at least 4 members (excludes halogenated alkanes) is 1. The molecule has 0 bridgehead atoms. The van der Waals surface area contributed by atoms with E-state index in [4.69, 9.17) is 33.4 Å². The van der Waals surface area contributed by atoms with Gasteiger partial charge in [0.2, 0.25) is 0 Å². The number of imidazole rings is 1. The van der Waals surface area contributed by atoms with E-state index in [0.29, 0.717) is 72.3 Å². The molecule has 1 saturated heterocycles. The van der Waals surface area contributed by atoms with Crippen molar-refractivity contribution in [3.8, 4) is 35.0 Å². The Bertz CT molecular complexity index is 1500. The highest BCUT2D eigenvalue weighted by atomic mass is 35.5. The van der Waals surface area contributed by atoms with E-state index in [-0.39, 0.29) is 5.69 Å². The Balaban J connectivity index is 1.68. The number of rotatable bonds is 8. The van der Waals surface area contributed by atoms with Gasteiger partial charge in [-0.05, 0) is 61.7 Å². The van der Waals surface area contributed by atoms with Crippen molar-refractivity contribution in [1.29, 1.82) is 5.26 Å². The Morgan fingerprint density at radius 1 is 1.20 bits per heavy atom. The minimum atomic E-state index is -0.781. The lowest BCUT2D eigenvalue weighted by Crippen LogP contribution is -2.48. The van der Waals surface area contributed by atoms with Crippen molar-refractivity contribution in [1.82, 2.24) is 20.0 Å². The van der Waals surface area contributed by atoms with Gasteiger partial charge in [-0.2, -0.15) is 5.26 Å². The number of hydrazine groups is 1. The van der Waals surface area contributed by atoms with E-state index in [1.807, 2.05) is 35.8 Å². The topological polar surface area (TPSA) is 126 Å². The van der Waals surface area contributed by atoms with Crippen LogP contribution in [-0.4, -0.2) is 44.7 Å². The molecule has 0 atom stereocenters. The minimum Gasteiger partial charge on any atom is -0.310 e. The summed E-state index contributed by atoms with van der Waals surface area (Å²) in [4.78, 5) is 33.5. The molecule has 1 aliphatic heterocycles. The molecule has 2 aromatic carbocycles. The first-order chi connectivity index (χ1) is 19.3. The molecule has 1 amide bonds. The zero-order valence-corrected chi connectivity index (χ0v) is 23.2. The number of benzene rings is 2. The van der Waals surface area contributed by atoms with Crippen molar-refractivity contribution in [3.05, 3.63) is 79.6 Å². The maximum Gasteiger partial charge on any atom is 0.294 e. The van der Waals surface area contributed by atoms with E-state index in [1.165, 1.54) is 0 Å². The molecule has 0 saturated carbocycles. The summed E-state index contributed by atoms with van der Waals surface area (Å²) in [6.07, 6.45) is 1.70. The number of hydrogen-bond acceptors (Lipinski definition) is 7. The monoisotopic (exact) mass is 580 g/mol. The van der Waals surface area contributed by atoms with Crippen LogP contribution in [0.2, 0.25) is 10.0 Å². The first-order valence-corrected chi connectivity index (χ1v) is 13.5. The fourth-order valence-corrected chi connectivity index (χ4v) is 4.95. The van der Waals surface area contributed by atoms with E-state index >= 15 is 0 Å². The third-order valence-corrected chi connectivity index (χ3v) is 6.90. The van der Waals surface area contributed by atoms with Crippen molar-refractivity contribution >= 4 is 29.1 Å². The molecular formula is C28H26Cl2N6O4. The normalized spacial score (nSPS) is 13.7. The second-order valence-corrected chi connectivity index (χ2v) is 9.85. The van der Waals surface area contributed by atoms with Gasteiger partial charge >= 0.3 is 0 Å². The molecule has 1 aliphatic rings. The van der Waals surface area contributed by atoms with Crippen LogP contribution in [0.15, 0.2) is 42.5 Å². The summed E-state index contributed by atoms with van der Waals surface area (Å²) < 4.78 is 1.90. The van der Waals surface area contributed by atoms with E-state index in [0.717, 1.165) is 11.3 Å². The molecule has 206 valence electrons. The van der Waals surface area contributed by atoms with Crippen molar-refractivity contribution < 1.29 is 14.7 Å². The van der Waals surface area contributed by atoms with Gasteiger partial charge in [0, 0.05) is 47.8 Å². The highest BCUT2D eigenvalue weighted by Crippen LogP contribution is 2.34. The summed E-state index contributed by atoms with van der Waals surface area (Å²) in [5.74, 6) is 6.12. The molecule has 10 nitrogen and oxygen atoms in total. The lowest BCUT2D eigenvalue weighted by Gasteiger charge is -2.30. The summed E-state index contributed by atoms with van der Waals surface area (Å²) in [5.41, 5.74) is 5.99. The molecule has 1 aromatic heterocycles. The number of nitriles is 1. The molecule has 0 radical (unpaired) electrons. The van der Waals surface area contributed by atoms with Crippen LogP contribution in [-0.2, 0) is 11.3 Å². The third kappa shape index (κ3) is 6.91. The molecule has 40 heavy (non-hydrogen) atoms. The van der Waals surface area contributed by atoms with Gasteiger partial charge in [0.1, 0.15) is 11.9 Å². The number of carbonyl (C=O) groups excluding carboxylic acids is 1. The predicted molar refractivity (Wildman–Crippen MR) is 150 cm³/mol. The number of amides is 1. The molecule has 12 heteroatoms. The van der Waals surface area contributed by atoms with Crippen molar-refractivity contribution in [2.75, 3.05) is 13.1 Å². The lowest BCUT2D eigenvalue weighted by atomic mass is 10.1. The lowest BCUT2D eigenvalue weighted by molar-refractivity contribution is -0.769. The molecule has 4 rings (SSSR count). The standard InChI is InChI=1S/C28H26Cl2N6O4/c1-2-25-26(28(37)33-34-16-13-22(14-17-34)40-36(38)39)32-27(23-12-9-20(29)18-24(23)30)35(25)21-10-7-19(8-11-21)6-4-3-5-15-31/h7-12,18,22H,2-3,5,13-14,16-17H2,1H3,(H,33,37). The fraction of sp³-hybridized carbons (Fsp3) is 0.321. The van der Waals surface area contributed by atoms with Crippen molar-refractivity contribution in [2.24, 2.45) is 0 Å². The average molecular weight is 581 g/mol. The van der Waals surface area contributed by atoms with Gasteiger partial charge < -0.3 is 4.84 Å². The number of piperidine rings is 1. The molecule has 0 aliphatic carbocycles. The number of nitrogens with one attached hydrogen (secondary N) is 1. The number of nitrogens with zero attached hydrogens (tertiary/aromatic N) is 5. The van der Waals surface area contributed by atoms with E-state index < -0.39 is 17.1 Å². The van der Waals surface area contributed by atoms with Gasteiger partial charge in [0.25, 0.3) is 11.0 Å². The maximum absolute atomic E-state index is 13.5. The highest BCUT2D eigenvalue weighted by Gasteiger charge is 2.28. The second kappa shape index (κ2) is 13.3. The third-order valence-electron chi connectivity index (χ3n) is 6.35. The summed E-state index contributed by atoms with van der Waals surface area (Å²) in [6, 6.07) is 14.7. The SMILES string of the molecule is CCc1c(C(=O)NN2CCC(O[N+](=O)[O-])CC2)nc(-c2ccc(Cl)cc2Cl)n1-c1ccc(C#CCCC#N)cc1. The molecule has 1 fully saturated rings. The molecule has 1 N–H and O–H groups in total. The Morgan fingerprint density at radius 2 is 1.93 bits per heavy atom. The highest BCUT2D eigenvalue weighted by molar-refractivity contribution is 6.36. The van der Waals surface area contributed by atoms with Gasteiger partial charge in [-0.15, -0.1) is 10.1 Å². The predicted octanol–water partition coefficient (Wildman–Crippen LogP) is 5.38. The number of carbonyl (C=O) groups is 1. The van der Waals surface area contributed by atoms with E-state index in [2.05, 4.69) is 28.2 Å². The second-order valence-electron chi connectivity index (χ2n) is 9.01. The first kappa shape index (κ1) is 28.9. The van der Waals surface area contributed by atoms with E-state index in [9.17, 15) is 14.9 Å². The van der Waals surface area contributed by atoms with Crippen LogP contribution in [0.4, 0.5) is 0 Å². The summed E-state index contributed by atoms with van der Waals surface area (Å²) in [5, 5.41) is 21.1. The van der Waals surface area contributed by atoms with Crippen LogP contribution < -0.4 is 5.43 Å². The molecular weight excluding hydrogens is 555 g/mol. The van der Waals surface area contributed by atoms with Gasteiger partial charge in [0.15, 0.2) is 5.69 Å². The first-order valence-electron chi connectivity index (χ1n) is 12.7. The van der Waals surface area contributed by atoms with Crippen LogP contribution in [0.1, 0.15) is 54.4 Å². The Hall–Kier alpha value is -4.09.